The summed E-state index contributed by atoms with van der Waals surface area (Å²) in [5.41, 5.74) is 0.672. The summed E-state index contributed by atoms with van der Waals surface area (Å²) in [6.45, 7) is 3.86. The van der Waals surface area contributed by atoms with Gasteiger partial charge in [-0.3, -0.25) is 19.3 Å². The molecule has 2 aliphatic heterocycles. The summed E-state index contributed by atoms with van der Waals surface area (Å²) in [4.78, 5) is 53.4. The van der Waals surface area contributed by atoms with E-state index in [4.69, 9.17) is 19.4 Å². The second-order valence-corrected chi connectivity index (χ2v) is 17.8. The lowest BCUT2D eigenvalue weighted by atomic mass is 9.97. The standard InChI is InChI=1S/C23H24F3N7O2.C19H17F3N6O.C4H7NO2.C2HF3O2.ClH/c1-31(2)21(34)13-33-11-14(12-33)6-7-35-20-5-4-15(8-16(20)23(24,25)26)17-9-19-22(18(10-27)28-17)29-30-32(19)3;1-28-16-7-14(25-15(8-23)18(16)26-27-28)12-2-3-17(13(6-12)19(20,21)22)29-5-4-11-9-24-10-11;1-5(2)4(7)3-6;3-2(4,5)1(6)7;/h4-5,8-9,14H,6-7,11-13H2,1-3H3;2-3,6-7,11,24H,4-5,9-10H2,1H3;3H,1-2H3;(H,6,7);1H. The van der Waals surface area contributed by atoms with Crippen LogP contribution < -0.4 is 14.8 Å². The lowest BCUT2D eigenvalue weighted by Gasteiger charge is -2.39. The molecule has 2 fully saturated rings. The molecule has 0 saturated carbocycles. The van der Waals surface area contributed by atoms with Gasteiger partial charge in [-0.15, -0.1) is 22.6 Å². The zero-order valence-corrected chi connectivity index (χ0v) is 43.6. The lowest BCUT2D eigenvalue weighted by molar-refractivity contribution is -0.192. The van der Waals surface area contributed by atoms with E-state index in [1.54, 1.807) is 40.3 Å². The van der Waals surface area contributed by atoms with Crippen LogP contribution in [0.5, 0.6) is 11.5 Å². The molecule has 31 heteroatoms. The van der Waals surface area contributed by atoms with Crippen LogP contribution >= 0.6 is 12.4 Å². The number of amides is 2. The number of nitrogens with one attached hydrogen (secondary N) is 1. The molecule has 8 rings (SSSR count). The zero-order valence-electron chi connectivity index (χ0n) is 42.7. The van der Waals surface area contributed by atoms with Crippen molar-refractivity contribution in [2.24, 2.45) is 25.9 Å². The third kappa shape index (κ3) is 16.9. The maximum absolute atomic E-state index is 13.8. The second kappa shape index (κ2) is 26.9. The molecule has 0 aliphatic carbocycles. The molecule has 21 nitrogen and oxygen atoms in total. The van der Waals surface area contributed by atoms with Gasteiger partial charge in [-0.1, -0.05) is 10.4 Å². The van der Waals surface area contributed by atoms with E-state index in [2.05, 4.69) is 35.9 Å². The van der Waals surface area contributed by atoms with Gasteiger partial charge in [0.2, 0.25) is 12.2 Å². The molecule has 0 atom stereocenters. The molecule has 6 aromatic rings. The number of alkyl halides is 9. The predicted molar refractivity (Wildman–Crippen MR) is 264 cm³/mol. The highest BCUT2D eigenvalue weighted by Gasteiger charge is 2.39. The van der Waals surface area contributed by atoms with Gasteiger partial charge < -0.3 is 29.7 Å². The Balaban J connectivity index is 0.000000274. The highest BCUT2D eigenvalue weighted by atomic mass is 35.5. The number of hydrogen-bond acceptors (Lipinski definition) is 16. The van der Waals surface area contributed by atoms with Crippen molar-refractivity contribution in [2.45, 2.75) is 31.4 Å². The molecule has 2 N–H and O–H groups in total. The number of benzene rings is 2. The number of carbonyl (C=O) groups excluding carboxylic acids is 3. The second-order valence-electron chi connectivity index (χ2n) is 17.8. The third-order valence-electron chi connectivity index (χ3n) is 11.7. The SMILES string of the molecule is CN(C)C(=O)C=O.CN(C)C(=O)CN1CC(CCOc2ccc(-c3cc4c(nnn4C)c(C#N)n3)cc2C(F)(F)F)C1.Cl.Cn1nnc2c(C#N)nc(-c3ccc(OCCC4CNC4)c(C(F)(F)F)c3)cc21.O=C(O)C(F)(F)F. The predicted octanol–water partition coefficient (Wildman–Crippen LogP) is 5.95. The van der Waals surface area contributed by atoms with E-state index in [-0.39, 0.29) is 94.7 Å². The summed E-state index contributed by atoms with van der Waals surface area (Å²) in [5.74, 6) is -3.00. The number of aldehydes is 1. The van der Waals surface area contributed by atoms with E-state index >= 15 is 0 Å². The molecule has 2 amide bonds. The summed E-state index contributed by atoms with van der Waals surface area (Å²) < 4.78 is 128. The number of likely N-dealkylation sites (tertiary alicyclic amines) is 1. The van der Waals surface area contributed by atoms with Crippen molar-refractivity contribution < 1.29 is 73.3 Å². The number of aromatic nitrogens is 8. The first-order valence-electron chi connectivity index (χ1n) is 23.1. The molecule has 424 valence electrons. The number of nitrogens with zero attached hydrogens (tertiary/aromatic N) is 13. The van der Waals surface area contributed by atoms with Gasteiger partial charge in [-0.05, 0) is 86.3 Å². The molecule has 0 radical (unpaired) electrons. The number of aliphatic carboxylic acids is 1. The fourth-order valence-electron chi connectivity index (χ4n) is 7.24. The van der Waals surface area contributed by atoms with Crippen molar-refractivity contribution in [3.63, 3.8) is 0 Å². The first kappa shape index (κ1) is 63.3. The highest BCUT2D eigenvalue weighted by Crippen LogP contribution is 2.41. The Labute approximate surface area is 449 Å². The van der Waals surface area contributed by atoms with Crippen LogP contribution in [0.1, 0.15) is 35.4 Å². The van der Waals surface area contributed by atoms with Gasteiger partial charge in [0.1, 0.15) is 34.7 Å². The smallest absolute Gasteiger partial charge is 0.490 e. The van der Waals surface area contributed by atoms with Crippen LogP contribution in [-0.4, -0.2) is 164 Å². The minimum Gasteiger partial charge on any atom is -0.493 e. The minimum absolute atomic E-state index is 0. The van der Waals surface area contributed by atoms with Crippen molar-refractivity contribution in [1.29, 1.82) is 10.5 Å². The van der Waals surface area contributed by atoms with Crippen LogP contribution in [0, 0.1) is 34.5 Å². The first-order chi connectivity index (χ1) is 36.5. The number of carbonyl (C=O) groups is 4. The van der Waals surface area contributed by atoms with Gasteiger partial charge >= 0.3 is 24.5 Å². The van der Waals surface area contributed by atoms with Crippen molar-refractivity contribution in [3.8, 4) is 46.2 Å². The molecule has 0 unspecified atom stereocenters. The average Bonchev–Trinajstić information content (AvgIpc) is 3.93. The van der Waals surface area contributed by atoms with Crippen LogP contribution in [0.15, 0.2) is 48.5 Å². The van der Waals surface area contributed by atoms with Gasteiger partial charge in [0.15, 0.2) is 11.4 Å². The van der Waals surface area contributed by atoms with Crippen LogP contribution in [0.25, 0.3) is 44.6 Å². The number of carboxylic acid groups (broad SMARTS) is 1. The van der Waals surface area contributed by atoms with E-state index in [9.17, 15) is 64.4 Å². The summed E-state index contributed by atoms with van der Waals surface area (Å²) in [6, 6.07) is 14.5. The van der Waals surface area contributed by atoms with Crippen molar-refractivity contribution in [1.82, 2.24) is 60.0 Å². The molecule has 2 saturated heterocycles. The van der Waals surface area contributed by atoms with Crippen molar-refractivity contribution in [2.75, 3.05) is 74.1 Å². The van der Waals surface area contributed by atoms with Crippen LogP contribution in [0.3, 0.4) is 0 Å². The normalized spacial score (nSPS) is 13.5. The van der Waals surface area contributed by atoms with E-state index in [0.29, 0.717) is 54.9 Å². The Morgan fingerprint density at radius 2 is 1.14 bits per heavy atom. The largest absolute Gasteiger partial charge is 0.493 e. The summed E-state index contributed by atoms with van der Waals surface area (Å²) in [5, 5.41) is 44.4. The molecule has 6 heterocycles. The fraction of sp³-hybridized carbons (Fsp3) is 0.417. The van der Waals surface area contributed by atoms with E-state index < -0.39 is 41.5 Å². The van der Waals surface area contributed by atoms with Crippen molar-refractivity contribution in [3.05, 3.63) is 71.0 Å². The van der Waals surface area contributed by atoms with Gasteiger partial charge in [0.25, 0.3) is 5.91 Å². The molecule has 2 aliphatic rings. The Morgan fingerprint density at radius 1 is 0.722 bits per heavy atom. The van der Waals surface area contributed by atoms with Crippen LogP contribution in [0.4, 0.5) is 39.5 Å². The maximum Gasteiger partial charge on any atom is 0.490 e. The minimum atomic E-state index is -5.08. The summed E-state index contributed by atoms with van der Waals surface area (Å²) in [6.07, 6.45) is -12.7. The monoisotopic (exact) mass is 1140 g/mol. The molecule has 0 bridgehead atoms. The van der Waals surface area contributed by atoms with Crippen molar-refractivity contribution >= 4 is 58.5 Å². The van der Waals surface area contributed by atoms with E-state index in [0.717, 1.165) is 25.2 Å². The Kier molecular flexibility index (Phi) is 21.6. The molecule has 4 aromatic heterocycles. The number of nitriles is 2. The number of carboxylic acids is 1. The van der Waals surface area contributed by atoms with E-state index in [1.807, 2.05) is 17.0 Å². The quantitative estimate of drug-likeness (QED) is 0.0769. The van der Waals surface area contributed by atoms with Crippen LogP contribution in [0.2, 0.25) is 0 Å². The van der Waals surface area contributed by atoms with Gasteiger partial charge in [0, 0.05) is 66.5 Å². The third-order valence-corrected chi connectivity index (χ3v) is 11.7. The number of hydrogen-bond donors (Lipinski definition) is 2. The maximum atomic E-state index is 13.8. The number of likely N-dealkylation sites (N-methyl/N-ethyl adjacent to an activating group) is 2. The molecular formula is C48H50ClF9N14O7. The Morgan fingerprint density at radius 3 is 1.46 bits per heavy atom. The van der Waals surface area contributed by atoms with Crippen LogP contribution in [-0.2, 0) is 45.6 Å². The number of aryl methyl sites for hydroxylation is 2. The zero-order chi connectivity index (χ0) is 57.9. The number of rotatable bonds is 13. The summed E-state index contributed by atoms with van der Waals surface area (Å²) >= 11 is 0. The number of ether oxygens (including phenoxy) is 2. The molecule has 0 spiro atoms. The van der Waals surface area contributed by atoms with Gasteiger partial charge in [0.05, 0.1) is 53.3 Å². The average molecular weight is 1140 g/mol. The van der Waals surface area contributed by atoms with E-state index in [1.165, 1.54) is 57.5 Å². The first-order valence-corrected chi connectivity index (χ1v) is 23.1. The van der Waals surface area contributed by atoms with Gasteiger partial charge in [-0.25, -0.2) is 24.1 Å². The Hall–Kier alpha value is -8.22. The molecule has 2 aromatic carbocycles. The number of halogens is 10. The topological polar surface area (TPSA) is 264 Å². The molecule has 79 heavy (non-hydrogen) atoms. The highest BCUT2D eigenvalue weighted by molar-refractivity contribution is 6.23. The van der Waals surface area contributed by atoms with Gasteiger partial charge in [-0.2, -0.15) is 50.0 Å². The number of pyridine rings is 2. The molecular weight excluding hydrogens is 1090 g/mol. The Bertz CT molecular complexity index is 3220. The lowest BCUT2D eigenvalue weighted by Crippen LogP contribution is -2.50. The number of fused-ring (bicyclic) bond motifs is 2. The summed E-state index contributed by atoms with van der Waals surface area (Å²) in [7, 11) is 9.71. The fourth-order valence-corrected chi connectivity index (χ4v) is 7.24.